The van der Waals surface area contributed by atoms with Gasteiger partial charge in [0.25, 0.3) is 0 Å². The smallest absolute Gasteiger partial charge is 0.493 e. The van der Waals surface area contributed by atoms with Crippen LogP contribution in [0, 0.1) is 6.92 Å². The van der Waals surface area contributed by atoms with Crippen LogP contribution in [0.25, 0.3) is 11.5 Å². The van der Waals surface area contributed by atoms with Gasteiger partial charge in [-0.05, 0) is 66.8 Å². The van der Waals surface area contributed by atoms with Gasteiger partial charge in [-0.25, -0.2) is 4.98 Å². The summed E-state index contributed by atoms with van der Waals surface area (Å²) in [4.78, 5) is 16.0. The molecule has 0 radical (unpaired) electrons. The monoisotopic (exact) mass is 505 g/mol. The number of aromatic nitrogens is 1. The van der Waals surface area contributed by atoms with Crippen LogP contribution in [0.2, 0.25) is 0 Å². The number of nitrogens with zero attached hydrogens (tertiary/aromatic N) is 1. The number of benzene rings is 2. The molecule has 6 nitrogen and oxygen atoms in total. The highest BCUT2D eigenvalue weighted by atomic mass is 19.4. The molecule has 0 aliphatic heterocycles. The molecular weight excluding hydrogens is 475 g/mol. The Morgan fingerprint density at radius 3 is 2.31 bits per heavy atom. The Morgan fingerprint density at radius 1 is 1.06 bits per heavy atom. The zero-order valence-electron chi connectivity index (χ0n) is 20.9. The number of rotatable bonds is 10. The van der Waals surface area contributed by atoms with Gasteiger partial charge in [0, 0.05) is 12.0 Å². The largest absolute Gasteiger partial charge is 0.573 e. The fourth-order valence-corrected chi connectivity index (χ4v) is 3.71. The molecule has 0 bridgehead atoms. The Kier molecular flexibility index (Phi) is 8.66. The number of ether oxygens (including phenoxy) is 3. The second-order valence-corrected chi connectivity index (χ2v) is 8.87. The first-order chi connectivity index (χ1) is 17.0. The first kappa shape index (κ1) is 27.1. The third-order valence-electron chi connectivity index (χ3n) is 5.65. The minimum atomic E-state index is -4.75. The molecule has 3 rings (SSSR count). The first-order valence-corrected chi connectivity index (χ1v) is 11.6. The van der Waals surface area contributed by atoms with Crippen LogP contribution in [0.1, 0.15) is 61.6 Å². The molecule has 0 spiro atoms. The number of esters is 1. The molecule has 0 N–H and O–H groups in total. The molecule has 1 atom stereocenters. The van der Waals surface area contributed by atoms with Crippen molar-refractivity contribution >= 4 is 5.97 Å². The highest BCUT2D eigenvalue weighted by Gasteiger charge is 2.31. The normalized spacial score (nSPS) is 12.5. The molecule has 0 aliphatic carbocycles. The van der Waals surface area contributed by atoms with E-state index in [9.17, 15) is 18.0 Å². The number of oxazole rings is 1. The van der Waals surface area contributed by atoms with E-state index in [0.717, 1.165) is 16.8 Å². The van der Waals surface area contributed by atoms with Crippen molar-refractivity contribution in [1.82, 2.24) is 4.98 Å². The first-order valence-electron chi connectivity index (χ1n) is 11.6. The van der Waals surface area contributed by atoms with Crippen LogP contribution >= 0.6 is 0 Å². The number of halogens is 3. The van der Waals surface area contributed by atoms with Crippen molar-refractivity contribution in [2.45, 2.75) is 58.7 Å². The summed E-state index contributed by atoms with van der Waals surface area (Å²) in [5.41, 5.74) is 3.39. The van der Waals surface area contributed by atoms with E-state index in [1.165, 1.54) is 31.4 Å². The zero-order valence-corrected chi connectivity index (χ0v) is 20.9. The van der Waals surface area contributed by atoms with Crippen LogP contribution in [0.5, 0.6) is 11.5 Å². The molecule has 194 valence electrons. The zero-order chi connectivity index (χ0) is 26.5. The predicted molar refractivity (Wildman–Crippen MR) is 128 cm³/mol. The number of hydrogen-bond donors (Lipinski definition) is 0. The number of alkyl halides is 3. The third-order valence-corrected chi connectivity index (χ3v) is 5.65. The van der Waals surface area contributed by atoms with Crippen molar-refractivity contribution in [3.63, 3.8) is 0 Å². The summed E-state index contributed by atoms with van der Waals surface area (Å²) in [6.45, 7) is 8.26. The van der Waals surface area contributed by atoms with Crippen molar-refractivity contribution in [2.24, 2.45) is 0 Å². The molecule has 9 heteroatoms. The summed E-state index contributed by atoms with van der Waals surface area (Å²) >= 11 is 0. The summed E-state index contributed by atoms with van der Waals surface area (Å²) in [7, 11) is 1.37. The highest BCUT2D eigenvalue weighted by molar-refractivity contribution is 5.69. The van der Waals surface area contributed by atoms with E-state index in [1.807, 2.05) is 45.9 Å². The van der Waals surface area contributed by atoms with Gasteiger partial charge in [-0.3, -0.25) is 4.79 Å². The lowest BCUT2D eigenvalue weighted by molar-refractivity contribution is -0.274. The lowest BCUT2D eigenvalue weighted by atomic mass is 10.0. The molecule has 36 heavy (non-hydrogen) atoms. The van der Waals surface area contributed by atoms with E-state index in [2.05, 4.69) is 9.72 Å². The summed E-state index contributed by atoms with van der Waals surface area (Å²) in [6.07, 6.45) is -3.84. The molecule has 2 aromatic carbocycles. The standard InChI is InChI=1S/C27H30F3NO5/c1-16(2)24-25(35-26(31-24)20-7-10-21(11-8-20)36-27(28,29)30)18(4)15-34-22-12-6-19(17(3)14-22)9-13-23(32)33-5/h6-8,10-12,14,16,18H,9,13,15H2,1-5H3. The van der Waals surface area contributed by atoms with E-state index in [4.69, 9.17) is 13.9 Å². The van der Waals surface area contributed by atoms with Crippen LogP contribution in [-0.4, -0.2) is 31.0 Å². The number of methoxy groups -OCH3 is 1. The van der Waals surface area contributed by atoms with Crippen molar-refractivity contribution in [3.05, 3.63) is 65.0 Å². The van der Waals surface area contributed by atoms with Gasteiger partial charge >= 0.3 is 12.3 Å². The number of hydrogen-bond acceptors (Lipinski definition) is 6. The molecule has 1 unspecified atom stereocenters. The fraction of sp³-hybridized carbons (Fsp3) is 0.407. The predicted octanol–water partition coefficient (Wildman–Crippen LogP) is 6.96. The molecule has 0 saturated carbocycles. The van der Waals surface area contributed by atoms with E-state index in [1.54, 1.807) is 0 Å². The molecule has 0 fully saturated rings. The summed E-state index contributed by atoms with van der Waals surface area (Å²) in [6, 6.07) is 11.2. The Bertz CT molecular complexity index is 1170. The molecule has 0 saturated heterocycles. The van der Waals surface area contributed by atoms with Gasteiger partial charge in [0.15, 0.2) is 0 Å². The molecule has 3 aromatic rings. The van der Waals surface area contributed by atoms with E-state index in [0.29, 0.717) is 42.4 Å². The topological polar surface area (TPSA) is 70.8 Å². The highest BCUT2D eigenvalue weighted by Crippen LogP contribution is 2.33. The number of carbonyl (C=O) groups excluding carboxylic acids is 1. The Hall–Kier alpha value is -3.49. The average Bonchev–Trinajstić information content (AvgIpc) is 3.27. The van der Waals surface area contributed by atoms with Crippen LogP contribution in [-0.2, 0) is 16.0 Å². The Balaban J connectivity index is 1.70. The summed E-state index contributed by atoms with van der Waals surface area (Å²) in [5, 5.41) is 0. The van der Waals surface area contributed by atoms with Gasteiger partial charge < -0.3 is 18.6 Å². The van der Waals surface area contributed by atoms with Crippen LogP contribution in [0.4, 0.5) is 13.2 Å². The quantitative estimate of drug-likeness (QED) is 0.278. The van der Waals surface area contributed by atoms with Crippen molar-refractivity contribution in [2.75, 3.05) is 13.7 Å². The Morgan fingerprint density at radius 2 is 1.72 bits per heavy atom. The number of carbonyl (C=O) groups is 1. The van der Waals surface area contributed by atoms with Crippen molar-refractivity contribution in [1.29, 1.82) is 0 Å². The van der Waals surface area contributed by atoms with Crippen molar-refractivity contribution in [3.8, 4) is 23.0 Å². The molecule has 1 aromatic heterocycles. The van der Waals surface area contributed by atoms with Gasteiger partial charge in [-0.1, -0.05) is 26.8 Å². The van der Waals surface area contributed by atoms with Gasteiger partial charge in [0.2, 0.25) is 5.89 Å². The van der Waals surface area contributed by atoms with Gasteiger partial charge in [-0.15, -0.1) is 13.2 Å². The maximum Gasteiger partial charge on any atom is 0.573 e. The SMILES string of the molecule is COC(=O)CCc1ccc(OCC(C)c2oc(-c3ccc(OC(F)(F)F)cc3)nc2C(C)C)cc1C. The van der Waals surface area contributed by atoms with Gasteiger partial charge in [0.1, 0.15) is 17.3 Å². The minimum Gasteiger partial charge on any atom is -0.493 e. The van der Waals surface area contributed by atoms with Crippen molar-refractivity contribution < 1.29 is 36.6 Å². The molecule has 0 amide bonds. The van der Waals surface area contributed by atoms with E-state index >= 15 is 0 Å². The minimum absolute atomic E-state index is 0.0733. The second kappa shape index (κ2) is 11.5. The van der Waals surface area contributed by atoms with Crippen LogP contribution in [0.3, 0.4) is 0 Å². The lowest BCUT2D eigenvalue weighted by Crippen LogP contribution is -2.16. The molecule has 0 aliphatic rings. The maximum atomic E-state index is 12.4. The fourth-order valence-electron chi connectivity index (χ4n) is 3.71. The summed E-state index contributed by atoms with van der Waals surface area (Å²) in [5.74, 6) is 1.08. The van der Waals surface area contributed by atoms with E-state index in [-0.39, 0.29) is 23.6 Å². The van der Waals surface area contributed by atoms with E-state index < -0.39 is 6.36 Å². The lowest BCUT2D eigenvalue weighted by Gasteiger charge is -2.14. The average molecular weight is 506 g/mol. The molecule has 1 heterocycles. The Labute approximate surface area is 208 Å². The maximum absolute atomic E-state index is 12.4. The van der Waals surface area contributed by atoms with Crippen LogP contribution < -0.4 is 9.47 Å². The summed E-state index contributed by atoms with van der Waals surface area (Å²) < 4.78 is 58.0. The van der Waals surface area contributed by atoms with Crippen LogP contribution in [0.15, 0.2) is 46.9 Å². The second-order valence-electron chi connectivity index (χ2n) is 8.87. The molecular formula is C27H30F3NO5. The van der Waals surface area contributed by atoms with Gasteiger partial charge in [-0.2, -0.15) is 0 Å². The third kappa shape index (κ3) is 7.26. The number of aryl methyl sites for hydroxylation is 2. The van der Waals surface area contributed by atoms with Gasteiger partial charge in [0.05, 0.1) is 25.3 Å².